The van der Waals surface area contributed by atoms with E-state index in [1.165, 1.54) is 12.1 Å². The van der Waals surface area contributed by atoms with Crippen molar-refractivity contribution in [1.29, 1.82) is 0 Å². The first-order valence-electron chi connectivity index (χ1n) is 6.53. The Hall–Kier alpha value is -1.80. The molecule has 0 amide bonds. The van der Waals surface area contributed by atoms with Crippen molar-refractivity contribution in [2.45, 2.75) is 26.3 Å². The second-order valence-electron chi connectivity index (χ2n) is 4.58. The maximum absolute atomic E-state index is 10.9. The highest BCUT2D eigenvalue weighted by atomic mass is 79.9. The van der Waals surface area contributed by atoms with Gasteiger partial charge in [-0.2, -0.15) is 0 Å². The van der Waals surface area contributed by atoms with Gasteiger partial charge < -0.3 is 9.73 Å². The maximum atomic E-state index is 10.9. The minimum Gasteiger partial charge on any atom is -0.419 e. The third-order valence-corrected chi connectivity index (χ3v) is 3.31. The van der Waals surface area contributed by atoms with Gasteiger partial charge in [0.15, 0.2) is 0 Å². The molecule has 0 saturated heterocycles. The fraction of sp³-hybridized carbons (Fsp3) is 0.385. The number of non-ortho nitro benzene ring substituents is 1. The molecule has 0 aliphatic carbocycles. The Kier molecular flexibility index (Phi) is 5.03. The summed E-state index contributed by atoms with van der Waals surface area (Å²) in [7, 11) is 0. The van der Waals surface area contributed by atoms with E-state index in [2.05, 4.69) is 38.4 Å². The second kappa shape index (κ2) is 6.77. The topological polar surface area (TPSA) is 94.1 Å². The lowest BCUT2D eigenvalue weighted by molar-refractivity contribution is -0.384. The van der Waals surface area contributed by atoms with Crippen LogP contribution in [0.1, 0.15) is 32.2 Å². The molecular formula is C13H15BrN4O3. The van der Waals surface area contributed by atoms with E-state index >= 15 is 0 Å². The minimum atomic E-state index is -0.461. The van der Waals surface area contributed by atoms with Crippen LogP contribution in [-0.4, -0.2) is 21.7 Å². The maximum Gasteiger partial charge on any atom is 0.271 e. The summed E-state index contributed by atoms with van der Waals surface area (Å²) in [5.74, 6) is 0.723. The number of aromatic nitrogens is 2. The van der Waals surface area contributed by atoms with Crippen molar-refractivity contribution in [3.05, 3.63) is 38.7 Å². The molecule has 0 aliphatic heterocycles. The molecule has 8 heteroatoms. The van der Waals surface area contributed by atoms with Crippen LogP contribution in [0.3, 0.4) is 0 Å². The summed E-state index contributed by atoms with van der Waals surface area (Å²) in [5.41, 5.74) is 0.480. The lowest BCUT2D eigenvalue weighted by Gasteiger charge is -2.07. The summed E-state index contributed by atoms with van der Waals surface area (Å²) < 4.78 is 6.18. The zero-order valence-corrected chi connectivity index (χ0v) is 13.3. The first kappa shape index (κ1) is 15.6. The third kappa shape index (κ3) is 3.85. The first-order valence-corrected chi connectivity index (χ1v) is 7.32. The summed E-state index contributed by atoms with van der Waals surface area (Å²) in [4.78, 5) is 10.4. The summed E-state index contributed by atoms with van der Waals surface area (Å²) >= 11 is 3.24. The van der Waals surface area contributed by atoms with Crippen LogP contribution in [0.5, 0.6) is 0 Å². The van der Waals surface area contributed by atoms with E-state index in [4.69, 9.17) is 4.42 Å². The molecule has 1 aromatic heterocycles. The molecule has 1 heterocycles. The fourth-order valence-electron chi connectivity index (χ4n) is 1.78. The molecule has 0 radical (unpaired) electrons. The van der Waals surface area contributed by atoms with Crippen molar-refractivity contribution in [2.75, 3.05) is 6.54 Å². The zero-order valence-electron chi connectivity index (χ0n) is 11.7. The van der Waals surface area contributed by atoms with Crippen LogP contribution >= 0.6 is 15.9 Å². The van der Waals surface area contributed by atoms with Crippen LogP contribution in [-0.2, 0) is 0 Å². The van der Waals surface area contributed by atoms with Gasteiger partial charge in [0.2, 0.25) is 11.8 Å². The Balaban J connectivity index is 2.27. The first-order chi connectivity index (χ1) is 10.0. The summed E-state index contributed by atoms with van der Waals surface area (Å²) in [6, 6.07) is 4.47. The molecule has 0 aliphatic rings. The number of hydrogen-bond acceptors (Lipinski definition) is 6. The molecule has 2 rings (SSSR count). The normalized spacial score (nSPS) is 12.3. The van der Waals surface area contributed by atoms with E-state index in [9.17, 15) is 10.1 Å². The van der Waals surface area contributed by atoms with Gasteiger partial charge >= 0.3 is 0 Å². The standard InChI is InChI=1S/C13H15BrN4O3/c1-3-4-15-8(2)12-16-17-13(21-12)9-5-10(14)7-11(6-9)18(19)20/h5-8,15H,3-4H2,1-2H3. The number of benzene rings is 1. The second-order valence-corrected chi connectivity index (χ2v) is 5.49. The van der Waals surface area contributed by atoms with Gasteiger partial charge in [-0.25, -0.2) is 0 Å². The van der Waals surface area contributed by atoms with Crippen molar-refractivity contribution < 1.29 is 9.34 Å². The lowest BCUT2D eigenvalue weighted by Crippen LogP contribution is -2.19. The molecule has 0 saturated carbocycles. The molecule has 0 bridgehead atoms. The summed E-state index contributed by atoms with van der Waals surface area (Å²) in [6.45, 7) is 4.84. The monoisotopic (exact) mass is 354 g/mol. The van der Waals surface area contributed by atoms with Crippen LogP contribution in [0.2, 0.25) is 0 Å². The highest BCUT2D eigenvalue weighted by Crippen LogP contribution is 2.28. The highest BCUT2D eigenvalue weighted by Gasteiger charge is 2.17. The van der Waals surface area contributed by atoms with Crippen molar-refractivity contribution in [1.82, 2.24) is 15.5 Å². The van der Waals surface area contributed by atoms with Crippen molar-refractivity contribution in [2.24, 2.45) is 0 Å². The van der Waals surface area contributed by atoms with E-state index in [0.717, 1.165) is 13.0 Å². The van der Waals surface area contributed by atoms with Gasteiger partial charge in [0.25, 0.3) is 5.69 Å². The smallest absolute Gasteiger partial charge is 0.271 e. The van der Waals surface area contributed by atoms with E-state index < -0.39 is 4.92 Å². The third-order valence-electron chi connectivity index (χ3n) is 2.85. The molecule has 1 atom stereocenters. The Morgan fingerprint density at radius 3 is 2.86 bits per heavy atom. The Bertz CT molecular complexity index is 644. The molecule has 112 valence electrons. The van der Waals surface area contributed by atoms with Crippen molar-refractivity contribution in [3.63, 3.8) is 0 Å². The molecule has 0 spiro atoms. The zero-order chi connectivity index (χ0) is 15.4. The van der Waals surface area contributed by atoms with Crippen LogP contribution in [0.25, 0.3) is 11.5 Å². The number of hydrogen-bond donors (Lipinski definition) is 1. The SMILES string of the molecule is CCCNC(C)c1nnc(-c2cc(Br)cc([N+](=O)[O-])c2)o1. The number of halogens is 1. The van der Waals surface area contributed by atoms with Crippen LogP contribution in [0.4, 0.5) is 5.69 Å². The molecule has 2 aromatic rings. The predicted molar refractivity (Wildman–Crippen MR) is 80.8 cm³/mol. The van der Waals surface area contributed by atoms with E-state index in [1.807, 2.05) is 6.92 Å². The van der Waals surface area contributed by atoms with Crippen LogP contribution in [0.15, 0.2) is 27.1 Å². The van der Waals surface area contributed by atoms with Gasteiger partial charge in [-0.3, -0.25) is 10.1 Å². The largest absolute Gasteiger partial charge is 0.419 e. The number of rotatable bonds is 6. The average molecular weight is 355 g/mol. The number of nitrogens with zero attached hydrogens (tertiary/aromatic N) is 3. The van der Waals surface area contributed by atoms with Gasteiger partial charge in [0, 0.05) is 22.2 Å². The van der Waals surface area contributed by atoms with E-state index in [-0.39, 0.29) is 17.6 Å². The highest BCUT2D eigenvalue weighted by molar-refractivity contribution is 9.10. The molecule has 0 fully saturated rings. The van der Waals surface area contributed by atoms with Gasteiger partial charge in [-0.05, 0) is 26.0 Å². The van der Waals surface area contributed by atoms with E-state index in [1.54, 1.807) is 6.07 Å². The Morgan fingerprint density at radius 1 is 1.43 bits per heavy atom. The average Bonchev–Trinajstić information content (AvgIpc) is 2.94. The molecule has 21 heavy (non-hydrogen) atoms. The lowest BCUT2D eigenvalue weighted by atomic mass is 10.2. The minimum absolute atomic E-state index is 0.0312. The molecule has 7 nitrogen and oxygen atoms in total. The van der Waals surface area contributed by atoms with Crippen LogP contribution in [0, 0.1) is 10.1 Å². The number of nitro groups is 1. The van der Waals surface area contributed by atoms with E-state index in [0.29, 0.717) is 15.9 Å². The number of nitro benzene ring substituents is 1. The fourth-order valence-corrected chi connectivity index (χ4v) is 2.26. The van der Waals surface area contributed by atoms with Gasteiger partial charge in [0.1, 0.15) is 0 Å². The molecular weight excluding hydrogens is 340 g/mol. The van der Waals surface area contributed by atoms with Crippen molar-refractivity contribution >= 4 is 21.6 Å². The Labute approximate surface area is 130 Å². The number of nitrogens with one attached hydrogen (secondary N) is 1. The quantitative estimate of drug-likeness (QED) is 0.630. The Morgan fingerprint density at radius 2 is 2.19 bits per heavy atom. The van der Waals surface area contributed by atoms with Crippen LogP contribution < -0.4 is 5.32 Å². The summed E-state index contributed by atoms with van der Waals surface area (Å²) in [5, 5.41) is 22.1. The van der Waals surface area contributed by atoms with Crippen molar-refractivity contribution in [3.8, 4) is 11.5 Å². The van der Waals surface area contributed by atoms with Gasteiger partial charge in [0.05, 0.1) is 11.0 Å². The van der Waals surface area contributed by atoms with Gasteiger partial charge in [-0.1, -0.05) is 22.9 Å². The molecule has 1 aromatic carbocycles. The van der Waals surface area contributed by atoms with Gasteiger partial charge in [-0.15, -0.1) is 10.2 Å². The molecule has 1 N–H and O–H groups in total. The predicted octanol–water partition coefficient (Wildman–Crippen LogP) is 3.47. The molecule has 1 unspecified atom stereocenters. The summed E-state index contributed by atoms with van der Waals surface area (Å²) in [6.07, 6.45) is 1.00.